The van der Waals surface area contributed by atoms with Crippen molar-refractivity contribution in [2.45, 2.75) is 6.92 Å². The Morgan fingerprint density at radius 2 is 1.42 bits per heavy atom. The lowest BCUT2D eigenvalue weighted by Crippen LogP contribution is -2.49. The largest absolute Gasteiger partial charge is 0.353 e. The van der Waals surface area contributed by atoms with E-state index in [0.717, 1.165) is 41.1 Å². The second-order valence-electron chi connectivity index (χ2n) is 8.04. The summed E-state index contributed by atoms with van der Waals surface area (Å²) in [5.74, 6) is 1.09. The zero-order valence-electron chi connectivity index (χ0n) is 17.7. The highest BCUT2D eigenvalue weighted by Gasteiger charge is 2.23. The van der Waals surface area contributed by atoms with Gasteiger partial charge in [0.15, 0.2) is 0 Å². The molecule has 0 atom stereocenters. The first-order valence-electron chi connectivity index (χ1n) is 10.8. The number of fused-ring (bicyclic) bond motifs is 1. The molecule has 1 aliphatic heterocycles. The van der Waals surface area contributed by atoms with Crippen molar-refractivity contribution in [1.82, 2.24) is 9.88 Å². The average molecular weight is 408 g/mol. The SMILES string of the molecule is Cc1cc(N2CCN(C(=O)c3ccc(-c4ccccc4)cc3)CC2)nc2ccccc12. The number of para-hydroxylation sites is 1. The molecule has 0 saturated carbocycles. The van der Waals surface area contributed by atoms with Crippen LogP contribution in [-0.4, -0.2) is 42.0 Å². The van der Waals surface area contributed by atoms with Crippen molar-refractivity contribution in [3.05, 3.63) is 96.1 Å². The van der Waals surface area contributed by atoms with Gasteiger partial charge in [-0.1, -0.05) is 60.7 Å². The predicted molar refractivity (Wildman–Crippen MR) is 126 cm³/mol. The van der Waals surface area contributed by atoms with E-state index in [1.807, 2.05) is 59.5 Å². The molecule has 0 N–H and O–H groups in total. The van der Waals surface area contributed by atoms with Gasteiger partial charge in [-0.2, -0.15) is 0 Å². The summed E-state index contributed by atoms with van der Waals surface area (Å²) in [5, 5.41) is 1.19. The van der Waals surface area contributed by atoms with E-state index in [2.05, 4.69) is 42.2 Å². The molecule has 0 unspecified atom stereocenters. The minimum Gasteiger partial charge on any atom is -0.353 e. The molecule has 154 valence electrons. The number of piperazine rings is 1. The number of nitrogens with zero attached hydrogens (tertiary/aromatic N) is 3. The van der Waals surface area contributed by atoms with Crippen molar-refractivity contribution in [1.29, 1.82) is 0 Å². The van der Waals surface area contributed by atoms with Crippen molar-refractivity contribution < 1.29 is 4.79 Å². The molecule has 1 amide bonds. The second kappa shape index (κ2) is 8.23. The molecule has 4 aromatic rings. The number of rotatable bonds is 3. The first kappa shape index (κ1) is 19.3. The van der Waals surface area contributed by atoms with E-state index >= 15 is 0 Å². The van der Waals surface area contributed by atoms with Crippen LogP contribution in [0.15, 0.2) is 84.9 Å². The van der Waals surface area contributed by atoms with Gasteiger partial charge in [-0.05, 0) is 47.9 Å². The van der Waals surface area contributed by atoms with Crippen LogP contribution in [0, 0.1) is 6.92 Å². The Morgan fingerprint density at radius 3 is 2.16 bits per heavy atom. The van der Waals surface area contributed by atoms with Crippen molar-refractivity contribution in [2.75, 3.05) is 31.1 Å². The molecule has 0 aliphatic carbocycles. The summed E-state index contributed by atoms with van der Waals surface area (Å²) in [4.78, 5) is 22.1. The maximum Gasteiger partial charge on any atom is 0.253 e. The van der Waals surface area contributed by atoms with Gasteiger partial charge >= 0.3 is 0 Å². The van der Waals surface area contributed by atoms with Crippen LogP contribution in [-0.2, 0) is 0 Å². The standard InChI is InChI=1S/C27H25N3O/c1-20-19-26(28-25-10-6-5-9-24(20)25)29-15-17-30(18-16-29)27(31)23-13-11-22(12-14-23)21-7-3-2-4-8-21/h2-14,19H,15-18H2,1H3. The number of anilines is 1. The lowest BCUT2D eigenvalue weighted by atomic mass is 10.0. The van der Waals surface area contributed by atoms with Crippen LogP contribution in [0.5, 0.6) is 0 Å². The molecule has 4 heteroatoms. The lowest BCUT2D eigenvalue weighted by molar-refractivity contribution is 0.0746. The molecule has 0 radical (unpaired) electrons. The summed E-state index contributed by atoms with van der Waals surface area (Å²) < 4.78 is 0. The van der Waals surface area contributed by atoms with Crippen LogP contribution < -0.4 is 4.90 Å². The number of pyridine rings is 1. The Balaban J connectivity index is 1.27. The van der Waals surface area contributed by atoms with Crippen LogP contribution in [0.25, 0.3) is 22.0 Å². The topological polar surface area (TPSA) is 36.4 Å². The molecule has 1 aromatic heterocycles. The molecule has 2 heterocycles. The molecule has 31 heavy (non-hydrogen) atoms. The molecule has 0 bridgehead atoms. The molecule has 1 saturated heterocycles. The first-order valence-corrected chi connectivity index (χ1v) is 10.8. The Labute approximate surface area is 182 Å². The summed E-state index contributed by atoms with van der Waals surface area (Å²) in [5.41, 5.74) is 5.29. The van der Waals surface area contributed by atoms with Crippen LogP contribution >= 0.6 is 0 Å². The lowest BCUT2D eigenvalue weighted by Gasteiger charge is -2.35. The molecule has 4 nitrogen and oxygen atoms in total. The fourth-order valence-corrected chi connectivity index (χ4v) is 4.25. The number of amides is 1. The Kier molecular flexibility index (Phi) is 5.13. The molecular weight excluding hydrogens is 382 g/mol. The fourth-order valence-electron chi connectivity index (χ4n) is 4.25. The van der Waals surface area contributed by atoms with E-state index in [9.17, 15) is 4.79 Å². The van der Waals surface area contributed by atoms with Crippen molar-refractivity contribution in [3.8, 4) is 11.1 Å². The monoisotopic (exact) mass is 407 g/mol. The normalized spacial score (nSPS) is 14.1. The third-order valence-corrected chi connectivity index (χ3v) is 6.04. The van der Waals surface area contributed by atoms with Gasteiger partial charge < -0.3 is 9.80 Å². The van der Waals surface area contributed by atoms with Gasteiger partial charge in [0.25, 0.3) is 5.91 Å². The first-order chi connectivity index (χ1) is 15.2. The second-order valence-corrected chi connectivity index (χ2v) is 8.04. The molecular formula is C27H25N3O. The van der Waals surface area contributed by atoms with E-state index < -0.39 is 0 Å². The maximum atomic E-state index is 13.0. The van der Waals surface area contributed by atoms with Gasteiger partial charge in [0.2, 0.25) is 0 Å². The van der Waals surface area contributed by atoms with Gasteiger partial charge in [0.05, 0.1) is 5.52 Å². The third-order valence-electron chi connectivity index (χ3n) is 6.04. The van der Waals surface area contributed by atoms with E-state index in [1.165, 1.54) is 10.9 Å². The summed E-state index contributed by atoms with van der Waals surface area (Å²) in [6, 6.07) is 28.6. The molecule has 0 spiro atoms. The summed E-state index contributed by atoms with van der Waals surface area (Å²) in [6.07, 6.45) is 0. The molecule has 5 rings (SSSR count). The van der Waals surface area contributed by atoms with Crippen LogP contribution in [0.4, 0.5) is 5.82 Å². The molecule has 1 fully saturated rings. The minimum atomic E-state index is 0.0990. The number of carbonyl (C=O) groups excluding carboxylic acids is 1. The molecule has 3 aromatic carbocycles. The van der Waals surface area contributed by atoms with Crippen molar-refractivity contribution in [3.63, 3.8) is 0 Å². The van der Waals surface area contributed by atoms with Gasteiger partial charge in [-0.15, -0.1) is 0 Å². The quantitative estimate of drug-likeness (QED) is 0.470. The zero-order valence-corrected chi connectivity index (χ0v) is 17.7. The highest BCUT2D eigenvalue weighted by molar-refractivity contribution is 5.95. The van der Waals surface area contributed by atoms with E-state index in [4.69, 9.17) is 4.98 Å². The predicted octanol–water partition coefficient (Wildman–Crippen LogP) is 5.17. The average Bonchev–Trinajstić information content (AvgIpc) is 2.84. The fraction of sp³-hybridized carbons (Fsp3) is 0.185. The maximum absolute atomic E-state index is 13.0. The van der Waals surface area contributed by atoms with Crippen LogP contribution in [0.1, 0.15) is 15.9 Å². The minimum absolute atomic E-state index is 0.0990. The van der Waals surface area contributed by atoms with Gasteiger partial charge in [-0.3, -0.25) is 4.79 Å². The van der Waals surface area contributed by atoms with Crippen molar-refractivity contribution in [2.24, 2.45) is 0 Å². The summed E-state index contributed by atoms with van der Waals surface area (Å²) in [7, 11) is 0. The van der Waals surface area contributed by atoms with E-state index in [-0.39, 0.29) is 5.91 Å². The summed E-state index contributed by atoms with van der Waals surface area (Å²) in [6.45, 7) is 5.11. The number of carbonyl (C=O) groups is 1. The number of aryl methyl sites for hydroxylation is 1. The number of aromatic nitrogens is 1. The van der Waals surface area contributed by atoms with E-state index in [1.54, 1.807) is 0 Å². The summed E-state index contributed by atoms with van der Waals surface area (Å²) >= 11 is 0. The smallest absolute Gasteiger partial charge is 0.253 e. The highest BCUT2D eigenvalue weighted by atomic mass is 16.2. The Bertz CT molecular complexity index is 1210. The van der Waals surface area contributed by atoms with Crippen molar-refractivity contribution >= 4 is 22.6 Å². The third kappa shape index (κ3) is 3.89. The van der Waals surface area contributed by atoms with Gasteiger partial charge in [-0.25, -0.2) is 4.98 Å². The Morgan fingerprint density at radius 1 is 0.774 bits per heavy atom. The number of hydrogen-bond donors (Lipinski definition) is 0. The number of benzene rings is 3. The zero-order chi connectivity index (χ0) is 21.2. The van der Waals surface area contributed by atoms with Crippen LogP contribution in [0.2, 0.25) is 0 Å². The highest BCUT2D eigenvalue weighted by Crippen LogP contribution is 2.24. The van der Waals surface area contributed by atoms with Gasteiger partial charge in [0.1, 0.15) is 5.82 Å². The van der Waals surface area contributed by atoms with Crippen LogP contribution in [0.3, 0.4) is 0 Å². The molecule has 1 aliphatic rings. The van der Waals surface area contributed by atoms with Gasteiger partial charge in [0, 0.05) is 37.1 Å². The number of hydrogen-bond acceptors (Lipinski definition) is 3. The van der Waals surface area contributed by atoms with E-state index in [0.29, 0.717) is 13.1 Å². The Hall–Kier alpha value is -3.66.